The average molecular weight is 343 g/mol. The maximum atomic E-state index is 11.5. The van der Waals surface area contributed by atoms with Crippen LogP contribution in [0.5, 0.6) is 0 Å². The third-order valence-electron chi connectivity index (χ3n) is 4.82. The highest BCUT2D eigenvalue weighted by molar-refractivity contribution is 6.03. The van der Waals surface area contributed by atoms with Crippen molar-refractivity contribution in [2.24, 2.45) is 0 Å². The highest BCUT2D eigenvalue weighted by Crippen LogP contribution is 2.40. The minimum Gasteiger partial charge on any atom is -0.460 e. The molecule has 26 heavy (non-hydrogen) atoms. The normalized spacial score (nSPS) is 12.0. The van der Waals surface area contributed by atoms with E-state index in [0.717, 1.165) is 38.8 Å². The molecule has 128 valence electrons. The number of aromatic nitrogens is 1. The summed E-state index contributed by atoms with van der Waals surface area (Å²) in [6, 6.07) is 15.6. The molecule has 5 aromatic rings. The number of nitrogens with one attached hydrogen (secondary N) is 1. The summed E-state index contributed by atoms with van der Waals surface area (Å²) in [6.45, 7) is 4.24. The predicted molar refractivity (Wildman–Crippen MR) is 104 cm³/mol. The number of H-pyrrole nitrogens is 1. The minimum atomic E-state index is -0.356. The molecular weight excluding hydrogens is 326 g/mol. The van der Waals surface area contributed by atoms with Crippen molar-refractivity contribution >= 4 is 32.8 Å². The molecule has 0 atom stereocenters. The van der Waals surface area contributed by atoms with Crippen LogP contribution in [0.4, 0.5) is 0 Å². The van der Waals surface area contributed by atoms with Crippen molar-refractivity contribution in [1.82, 2.24) is 4.98 Å². The second kappa shape index (κ2) is 5.36. The SMILES string of the molecule is CC(C)c1oc2cc3oc(=O)ccc3cc2c1-c1ccc2[nH]ccc2c1. The van der Waals surface area contributed by atoms with Gasteiger partial charge >= 0.3 is 5.63 Å². The monoisotopic (exact) mass is 343 g/mol. The van der Waals surface area contributed by atoms with Gasteiger partial charge in [-0.2, -0.15) is 0 Å². The van der Waals surface area contributed by atoms with E-state index < -0.39 is 0 Å². The Bertz CT molecular complexity index is 1330. The number of furan rings is 1. The zero-order valence-electron chi connectivity index (χ0n) is 14.5. The third kappa shape index (κ3) is 2.19. The molecule has 0 saturated carbocycles. The molecule has 4 heteroatoms. The van der Waals surface area contributed by atoms with E-state index in [2.05, 4.69) is 43.1 Å². The van der Waals surface area contributed by atoms with Crippen molar-refractivity contribution in [1.29, 1.82) is 0 Å². The molecule has 0 saturated heterocycles. The summed E-state index contributed by atoms with van der Waals surface area (Å²) in [7, 11) is 0. The van der Waals surface area contributed by atoms with Crippen molar-refractivity contribution in [3.05, 3.63) is 70.9 Å². The van der Waals surface area contributed by atoms with Crippen LogP contribution in [0.2, 0.25) is 0 Å². The van der Waals surface area contributed by atoms with E-state index in [0.29, 0.717) is 5.58 Å². The summed E-state index contributed by atoms with van der Waals surface area (Å²) >= 11 is 0. The number of hydrogen-bond donors (Lipinski definition) is 1. The van der Waals surface area contributed by atoms with Gasteiger partial charge < -0.3 is 13.8 Å². The summed E-state index contributed by atoms with van der Waals surface area (Å²) < 4.78 is 11.5. The molecule has 2 aromatic carbocycles. The third-order valence-corrected chi connectivity index (χ3v) is 4.82. The maximum absolute atomic E-state index is 11.5. The van der Waals surface area contributed by atoms with Crippen LogP contribution in [0.1, 0.15) is 25.5 Å². The molecule has 5 rings (SSSR count). The van der Waals surface area contributed by atoms with Gasteiger partial charge in [0.15, 0.2) is 0 Å². The summed E-state index contributed by atoms with van der Waals surface area (Å²) in [5.74, 6) is 1.17. The number of aromatic amines is 1. The number of benzene rings is 2. The fourth-order valence-corrected chi connectivity index (χ4v) is 3.59. The van der Waals surface area contributed by atoms with Crippen LogP contribution in [0.25, 0.3) is 44.0 Å². The van der Waals surface area contributed by atoms with Gasteiger partial charge in [0.25, 0.3) is 0 Å². The van der Waals surface area contributed by atoms with E-state index in [1.165, 1.54) is 11.5 Å². The van der Waals surface area contributed by atoms with Gasteiger partial charge in [0.1, 0.15) is 16.9 Å². The smallest absolute Gasteiger partial charge is 0.336 e. The van der Waals surface area contributed by atoms with E-state index in [-0.39, 0.29) is 11.5 Å². The van der Waals surface area contributed by atoms with Crippen molar-refractivity contribution in [2.45, 2.75) is 19.8 Å². The Morgan fingerprint density at radius 2 is 1.77 bits per heavy atom. The highest BCUT2D eigenvalue weighted by atomic mass is 16.4. The maximum Gasteiger partial charge on any atom is 0.336 e. The number of fused-ring (bicyclic) bond motifs is 3. The van der Waals surface area contributed by atoms with Crippen LogP contribution < -0.4 is 5.63 Å². The lowest BCUT2D eigenvalue weighted by Gasteiger charge is -2.07. The lowest BCUT2D eigenvalue weighted by molar-refractivity contribution is 0.521. The summed E-state index contributed by atoms with van der Waals surface area (Å²) in [6.07, 6.45) is 1.95. The molecule has 0 spiro atoms. The van der Waals surface area contributed by atoms with Crippen molar-refractivity contribution in [2.75, 3.05) is 0 Å². The molecule has 3 aromatic heterocycles. The van der Waals surface area contributed by atoms with Crippen molar-refractivity contribution in [3.8, 4) is 11.1 Å². The first-order valence-electron chi connectivity index (χ1n) is 8.68. The van der Waals surface area contributed by atoms with Gasteiger partial charge in [0, 0.05) is 46.1 Å². The largest absolute Gasteiger partial charge is 0.460 e. The second-order valence-corrected chi connectivity index (χ2v) is 6.92. The predicted octanol–water partition coefficient (Wildman–Crippen LogP) is 5.81. The Balaban J connectivity index is 1.87. The van der Waals surface area contributed by atoms with Gasteiger partial charge in [-0.3, -0.25) is 0 Å². The fraction of sp³-hybridized carbons (Fsp3) is 0.136. The van der Waals surface area contributed by atoms with Crippen LogP contribution >= 0.6 is 0 Å². The molecule has 0 fully saturated rings. The van der Waals surface area contributed by atoms with Crippen LogP contribution in [0.3, 0.4) is 0 Å². The Hall–Kier alpha value is -3.27. The first-order chi connectivity index (χ1) is 12.6. The second-order valence-electron chi connectivity index (χ2n) is 6.92. The van der Waals surface area contributed by atoms with Gasteiger partial charge in [0.2, 0.25) is 0 Å². The van der Waals surface area contributed by atoms with Crippen molar-refractivity contribution < 1.29 is 8.83 Å². The lowest BCUT2D eigenvalue weighted by Crippen LogP contribution is -1.93. The quantitative estimate of drug-likeness (QED) is 0.411. The average Bonchev–Trinajstić information content (AvgIpc) is 3.23. The molecule has 0 amide bonds. The van der Waals surface area contributed by atoms with Gasteiger partial charge in [-0.25, -0.2) is 4.79 Å². The molecule has 0 aliphatic heterocycles. The summed E-state index contributed by atoms with van der Waals surface area (Å²) in [5.41, 5.74) is 4.26. The van der Waals surface area contributed by atoms with Gasteiger partial charge in [-0.1, -0.05) is 19.9 Å². The molecule has 1 N–H and O–H groups in total. The van der Waals surface area contributed by atoms with E-state index in [1.54, 1.807) is 6.07 Å². The standard InChI is InChI=1S/C22H17NO3/c1-12(2)22-21(15-3-5-17-13(9-15)7-8-23-17)16-10-14-4-6-20(24)25-18(14)11-19(16)26-22/h3-12,23H,1-2H3. The molecule has 0 unspecified atom stereocenters. The summed E-state index contributed by atoms with van der Waals surface area (Å²) in [5, 5.41) is 3.08. The Labute approximate surface area is 149 Å². The Kier molecular flexibility index (Phi) is 3.10. The minimum absolute atomic E-state index is 0.231. The molecule has 0 bridgehead atoms. The molecule has 0 radical (unpaired) electrons. The molecule has 0 aliphatic rings. The molecule has 3 heterocycles. The zero-order chi connectivity index (χ0) is 17.8. The Morgan fingerprint density at radius 3 is 2.62 bits per heavy atom. The molecule has 0 aliphatic carbocycles. The van der Waals surface area contributed by atoms with E-state index in [1.807, 2.05) is 18.3 Å². The zero-order valence-corrected chi connectivity index (χ0v) is 14.5. The van der Waals surface area contributed by atoms with Crippen molar-refractivity contribution in [3.63, 3.8) is 0 Å². The first kappa shape index (κ1) is 15.0. The van der Waals surface area contributed by atoms with Crippen LogP contribution in [0, 0.1) is 0 Å². The topological polar surface area (TPSA) is 59.1 Å². The van der Waals surface area contributed by atoms with Crippen LogP contribution in [-0.4, -0.2) is 4.98 Å². The number of hydrogen-bond acceptors (Lipinski definition) is 3. The Morgan fingerprint density at radius 1 is 0.885 bits per heavy atom. The highest BCUT2D eigenvalue weighted by Gasteiger charge is 2.20. The first-order valence-corrected chi connectivity index (χ1v) is 8.68. The molecule has 4 nitrogen and oxygen atoms in total. The van der Waals surface area contributed by atoms with Crippen LogP contribution in [-0.2, 0) is 0 Å². The van der Waals surface area contributed by atoms with E-state index in [4.69, 9.17) is 8.83 Å². The lowest BCUT2D eigenvalue weighted by atomic mass is 9.96. The van der Waals surface area contributed by atoms with E-state index in [9.17, 15) is 4.79 Å². The van der Waals surface area contributed by atoms with Gasteiger partial charge in [0.05, 0.1) is 0 Å². The van der Waals surface area contributed by atoms with Crippen LogP contribution in [0.15, 0.2) is 68.4 Å². The summed E-state index contributed by atoms with van der Waals surface area (Å²) in [4.78, 5) is 14.8. The van der Waals surface area contributed by atoms with E-state index >= 15 is 0 Å². The fourth-order valence-electron chi connectivity index (χ4n) is 3.59. The molecular formula is C22H17NO3. The van der Waals surface area contributed by atoms with Gasteiger partial charge in [-0.15, -0.1) is 0 Å². The number of rotatable bonds is 2. The van der Waals surface area contributed by atoms with Gasteiger partial charge in [-0.05, 0) is 41.3 Å².